The van der Waals surface area contributed by atoms with Gasteiger partial charge < -0.3 is 27.4 Å². The van der Waals surface area contributed by atoms with Crippen LogP contribution in [0.5, 0.6) is 0 Å². The first-order valence-corrected chi connectivity index (χ1v) is 14.3. The molecular weight excluding hydrogens is 342 g/mol. The molecule has 24 heavy (non-hydrogen) atoms. The van der Waals surface area contributed by atoms with E-state index >= 15 is 0 Å². The van der Waals surface area contributed by atoms with Crippen molar-refractivity contribution in [2.45, 2.75) is 72.9 Å². The summed E-state index contributed by atoms with van der Waals surface area (Å²) in [5, 5.41) is 0. The summed E-state index contributed by atoms with van der Waals surface area (Å²) in [6.45, 7) is 19.5. The fraction of sp³-hybridized carbons (Fsp3) is 1.00. The van der Waals surface area contributed by atoms with Gasteiger partial charge in [0, 0.05) is 32.8 Å². The largest absolute Gasteiger partial charge is 0.681 e. The lowest BCUT2D eigenvalue weighted by molar-refractivity contribution is -0.219. The molecule has 8 heteroatoms. The zero-order valence-corrected chi connectivity index (χ0v) is 19.0. The highest BCUT2D eigenvalue weighted by molar-refractivity contribution is 6.73. The first kappa shape index (κ1) is 24.2. The molecule has 0 aromatic heterocycles. The van der Waals surface area contributed by atoms with Gasteiger partial charge in [0.1, 0.15) is 8.24 Å². The first-order valence-electron chi connectivity index (χ1n) is 9.16. The number of ether oxygens (including phenoxy) is 1. The predicted molar refractivity (Wildman–Crippen MR) is 102 cm³/mol. The van der Waals surface area contributed by atoms with Crippen LogP contribution in [-0.4, -0.2) is 56.0 Å². The fourth-order valence-electron chi connectivity index (χ4n) is 2.34. The standard InChI is InChI=1S/C16H39NO5Si2/c1-9-18-16(5,14-13-15-17-23(6,7)8)22-24(19-10-2,20-11-3)21-12-4/h17H,9-15H2,1-8H3. The lowest BCUT2D eigenvalue weighted by Crippen LogP contribution is -2.56. The van der Waals surface area contributed by atoms with E-state index in [1.54, 1.807) is 0 Å². The molecule has 0 bridgehead atoms. The Morgan fingerprint density at radius 1 is 0.833 bits per heavy atom. The van der Waals surface area contributed by atoms with Crippen LogP contribution in [0.4, 0.5) is 0 Å². The Hall–Kier alpha value is 0.194. The third kappa shape index (κ3) is 10.2. The summed E-state index contributed by atoms with van der Waals surface area (Å²) in [7, 11) is -4.46. The fourth-order valence-corrected chi connectivity index (χ4v) is 5.44. The van der Waals surface area contributed by atoms with Crippen molar-refractivity contribution in [3.8, 4) is 0 Å². The molecule has 0 radical (unpaired) electrons. The minimum Gasteiger partial charge on any atom is -0.351 e. The van der Waals surface area contributed by atoms with Crippen molar-refractivity contribution in [2.75, 3.05) is 33.0 Å². The van der Waals surface area contributed by atoms with Gasteiger partial charge in [0.25, 0.3) is 0 Å². The molecule has 0 aromatic rings. The van der Waals surface area contributed by atoms with Gasteiger partial charge in [-0.2, -0.15) is 0 Å². The van der Waals surface area contributed by atoms with E-state index in [0.29, 0.717) is 26.4 Å². The SMILES string of the molecule is CCOC(C)(CCCN[Si](C)(C)C)O[Si](OCC)(OCC)OCC. The molecule has 0 aromatic carbocycles. The molecule has 1 atom stereocenters. The third-order valence-electron chi connectivity index (χ3n) is 3.22. The first-order chi connectivity index (χ1) is 11.2. The highest BCUT2D eigenvalue weighted by atomic mass is 28.4. The summed E-state index contributed by atoms with van der Waals surface area (Å²) in [4.78, 5) is 3.62. The summed E-state index contributed by atoms with van der Waals surface area (Å²) in [5.74, 6) is -0.776. The van der Waals surface area contributed by atoms with Crippen LogP contribution < -0.4 is 4.98 Å². The van der Waals surface area contributed by atoms with Crippen molar-refractivity contribution in [1.82, 2.24) is 4.98 Å². The van der Waals surface area contributed by atoms with Gasteiger partial charge in [-0.25, -0.2) is 0 Å². The van der Waals surface area contributed by atoms with Crippen LogP contribution in [-0.2, 0) is 22.4 Å². The zero-order chi connectivity index (χ0) is 18.7. The molecule has 146 valence electrons. The summed E-state index contributed by atoms with van der Waals surface area (Å²) in [6.07, 6.45) is 1.70. The molecule has 0 aliphatic heterocycles. The van der Waals surface area contributed by atoms with Crippen molar-refractivity contribution >= 4 is 17.3 Å². The molecule has 1 unspecified atom stereocenters. The minimum absolute atomic E-state index is 0.478. The molecule has 0 heterocycles. The molecule has 0 saturated carbocycles. The summed E-state index contributed by atoms with van der Waals surface area (Å²) >= 11 is 0. The van der Waals surface area contributed by atoms with E-state index < -0.39 is 23.1 Å². The molecule has 0 aliphatic rings. The second-order valence-electron chi connectivity index (χ2n) is 6.75. The van der Waals surface area contributed by atoms with Gasteiger partial charge in [0.2, 0.25) is 0 Å². The van der Waals surface area contributed by atoms with Gasteiger partial charge >= 0.3 is 9.05 Å². The van der Waals surface area contributed by atoms with E-state index in [2.05, 4.69) is 24.6 Å². The van der Waals surface area contributed by atoms with Crippen LogP contribution in [0, 0.1) is 0 Å². The number of rotatable bonds is 15. The molecule has 0 fully saturated rings. The van der Waals surface area contributed by atoms with Crippen molar-refractivity contribution in [1.29, 1.82) is 0 Å². The summed E-state index contributed by atoms with van der Waals surface area (Å²) in [6, 6.07) is 0. The molecule has 1 N–H and O–H groups in total. The Bertz CT molecular complexity index is 311. The quantitative estimate of drug-likeness (QED) is 0.266. The van der Waals surface area contributed by atoms with E-state index in [0.717, 1.165) is 19.4 Å². The molecule has 0 rings (SSSR count). The van der Waals surface area contributed by atoms with Gasteiger partial charge in [0.05, 0.1) is 0 Å². The van der Waals surface area contributed by atoms with E-state index in [1.807, 2.05) is 34.6 Å². The van der Waals surface area contributed by atoms with E-state index in [9.17, 15) is 0 Å². The Kier molecular flexibility index (Phi) is 11.8. The number of hydrogen-bond acceptors (Lipinski definition) is 6. The normalized spacial score (nSPS) is 15.5. The van der Waals surface area contributed by atoms with Crippen LogP contribution in [0.25, 0.3) is 0 Å². The van der Waals surface area contributed by atoms with Gasteiger partial charge in [-0.3, -0.25) is 0 Å². The lowest BCUT2D eigenvalue weighted by Gasteiger charge is -2.37. The monoisotopic (exact) mass is 381 g/mol. The molecule has 0 amide bonds. The highest BCUT2D eigenvalue weighted by Gasteiger charge is 2.51. The summed E-state index contributed by atoms with van der Waals surface area (Å²) in [5.41, 5.74) is 0. The third-order valence-corrected chi connectivity index (χ3v) is 7.14. The predicted octanol–water partition coefficient (Wildman–Crippen LogP) is 3.51. The van der Waals surface area contributed by atoms with Crippen LogP contribution in [0.2, 0.25) is 19.6 Å². The van der Waals surface area contributed by atoms with Crippen LogP contribution in [0.3, 0.4) is 0 Å². The Balaban J connectivity index is 4.94. The van der Waals surface area contributed by atoms with Crippen molar-refractivity contribution in [2.24, 2.45) is 0 Å². The minimum atomic E-state index is -3.20. The van der Waals surface area contributed by atoms with Gasteiger partial charge in [-0.1, -0.05) is 19.6 Å². The Morgan fingerprint density at radius 3 is 1.71 bits per heavy atom. The van der Waals surface area contributed by atoms with Crippen molar-refractivity contribution in [3.63, 3.8) is 0 Å². The van der Waals surface area contributed by atoms with Crippen LogP contribution >= 0.6 is 0 Å². The number of nitrogens with one attached hydrogen (secondary N) is 1. The lowest BCUT2D eigenvalue weighted by atomic mass is 10.2. The maximum atomic E-state index is 6.25. The maximum absolute atomic E-state index is 6.25. The van der Waals surface area contributed by atoms with Crippen LogP contribution in [0.15, 0.2) is 0 Å². The molecular formula is C16H39NO5Si2. The molecule has 6 nitrogen and oxygen atoms in total. The maximum Gasteiger partial charge on any atom is 0.681 e. The average molecular weight is 382 g/mol. The van der Waals surface area contributed by atoms with E-state index in [-0.39, 0.29) is 0 Å². The molecule has 0 spiro atoms. The molecule has 0 aliphatic carbocycles. The Labute approximate surface area is 151 Å². The van der Waals surface area contributed by atoms with Crippen molar-refractivity contribution in [3.05, 3.63) is 0 Å². The second kappa shape index (κ2) is 11.7. The smallest absolute Gasteiger partial charge is 0.351 e. The van der Waals surface area contributed by atoms with Crippen molar-refractivity contribution < 1.29 is 22.4 Å². The van der Waals surface area contributed by atoms with E-state index in [4.69, 9.17) is 22.4 Å². The highest BCUT2D eigenvalue weighted by Crippen LogP contribution is 2.27. The second-order valence-corrected chi connectivity index (χ2v) is 13.7. The average Bonchev–Trinajstić information content (AvgIpc) is 2.44. The Morgan fingerprint density at radius 2 is 1.33 bits per heavy atom. The van der Waals surface area contributed by atoms with Gasteiger partial charge in [0.15, 0.2) is 5.79 Å². The van der Waals surface area contributed by atoms with E-state index in [1.165, 1.54) is 0 Å². The molecule has 0 saturated heterocycles. The summed E-state index contributed by atoms with van der Waals surface area (Å²) < 4.78 is 29.6. The zero-order valence-electron chi connectivity index (χ0n) is 17.0. The van der Waals surface area contributed by atoms with Gasteiger partial charge in [-0.15, -0.1) is 0 Å². The number of hydrogen-bond donors (Lipinski definition) is 1. The van der Waals surface area contributed by atoms with Crippen LogP contribution in [0.1, 0.15) is 47.5 Å². The topological polar surface area (TPSA) is 58.2 Å². The van der Waals surface area contributed by atoms with Gasteiger partial charge in [-0.05, 0) is 47.6 Å².